The SMILES string of the molecule is CC[C@H]1OC(=O)[C@H](C)[C@@H](O)C[C@@H](O[C@@H]2O[C@H](C)C[C@H](N(C)C)[C@H]2O)[C@](C)(O)C[C@@H](C)CN(C)[C@H](C)[C@@H](O)[C@]1(C)O. The van der Waals surface area contributed by atoms with Crippen LogP contribution in [0.25, 0.3) is 0 Å². The highest BCUT2D eigenvalue weighted by atomic mass is 16.7. The zero-order valence-electron chi connectivity index (χ0n) is 26.1. The topological polar surface area (TPSA) is 152 Å². The molecule has 2 fully saturated rings. The molecule has 0 aromatic carbocycles. The van der Waals surface area contributed by atoms with Gasteiger partial charge in [-0.2, -0.15) is 0 Å². The molecule has 0 aliphatic carbocycles. The van der Waals surface area contributed by atoms with E-state index in [4.69, 9.17) is 14.2 Å². The van der Waals surface area contributed by atoms with E-state index in [1.807, 2.05) is 44.8 Å². The minimum Gasteiger partial charge on any atom is -0.459 e. The summed E-state index contributed by atoms with van der Waals surface area (Å²) in [6, 6.07) is -0.718. The molecule has 5 N–H and O–H groups in total. The van der Waals surface area contributed by atoms with Gasteiger partial charge in [-0.1, -0.05) is 13.8 Å². The highest BCUT2D eigenvalue weighted by Crippen LogP contribution is 2.34. The van der Waals surface area contributed by atoms with Gasteiger partial charge in [0.2, 0.25) is 0 Å². The minimum absolute atomic E-state index is 0.0871. The van der Waals surface area contributed by atoms with Crippen LogP contribution < -0.4 is 0 Å². The van der Waals surface area contributed by atoms with E-state index < -0.39 is 65.9 Å². The fourth-order valence-corrected chi connectivity index (χ4v) is 6.20. The first kappa shape index (κ1) is 35.3. The van der Waals surface area contributed by atoms with Crippen LogP contribution in [0, 0.1) is 11.8 Å². The van der Waals surface area contributed by atoms with Crippen LogP contribution in [0.2, 0.25) is 0 Å². The Morgan fingerprint density at radius 1 is 1.07 bits per heavy atom. The van der Waals surface area contributed by atoms with Gasteiger partial charge in [-0.3, -0.25) is 4.79 Å². The van der Waals surface area contributed by atoms with E-state index in [0.29, 0.717) is 13.0 Å². The van der Waals surface area contributed by atoms with E-state index in [-0.39, 0.29) is 37.3 Å². The Morgan fingerprint density at radius 2 is 1.68 bits per heavy atom. The monoisotopic (exact) mass is 576 g/mol. The molecule has 236 valence electrons. The second-order valence-corrected chi connectivity index (χ2v) is 13.1. The number of nitrogens with zero attached hydrogens (tertiary/aromatic N) is 2. The lowest BCUT2D eigenvalue weighted by Gasteiger charge is -2.45. The average Bonchev–Trinajstić information content (AvgIpc) is 2.85. The normalized spacial score (nSPS) is 47.4. The van der Waals surface area contributed by atoms with Crippen molar-refractivity contribution in [2.45, 2.75) is 140 Å². The van der Waals surface area contributed by atoms with E-state index >= 15 is 0 Å². The first-order valence-corrected chi connectivity index (χ1v) is 14.7. The molecule has 0 saturated carbocycles. The quantitative estimate of drug-likeness (QED) is 0.301. The molecule has 2 heterocycles. The highest BCUT2D eigenvalue weighted by Gasteiger charge is 2.47. The van der Waals surface area contributed by atoms with Crippen molar-refractivity contribution in [2.24, 2.45) is 11.8 Å². The molecule has 40 heavy (non-hydrogen) atoms. The van der Waals surface area contributed by atoms with Gasteiger partial charge in [0.05, 0.1) is 29.8 Å². The molecule has 0 spiro atoms. The number of carbonyl (C=O) groups is 1. The summed E-state index contributed by atoms with van der Waals surface area (Å²) in [5.41, 5.74) is -3.21. The maximum absolute atomic E-state index is 13.1. The average molecular weight is 577 g/mol. The smallest absolute Gasteiger partial charge is 0.311 e. The number of cyclic esters (lactones) is 1. The van der Waals surface area contributed by atoms with Gasteiger partial charge in [0.15, 0.2) is 6.29 Å². The van der Waals surface area contributed by atoms with Gasteiger partial charge >= 0.3 is 5.97 Å². The van der Waals surface area contributed by atoms with Gasteiger partial charge in [-0.15, -0.1) is 0 Å². The third kappa shape index (κ3) is 8.35. The van der Waals surface area contributed by atoms with Gasteiger partial charge in [0.1, 0.15) is 23.9 Å². The summed E-state index contributed by atoms with van der Waals surface area (Å²) in [6.45, 7) is 12.5. The molecule has 2 aliphatic rings. The lowest BCUT2D eigenvalue weighted by atomic mass is 9.83. The fraction of sp³-hybridized carbons (Fsp3) is 0.966. The Kier molecular flexibility index (Phi) is 12.4. The summed E-state index contributed by atoms with van der Waals surface area (Å²) >= 11 is 0. The molecule has 13 atom stereocenters. The minimum atomic E-state index is -1.74. The van der Waals surface area contributed by atoms with E-state index in [1.54, 1.807) is 20.8 Å². The number of aliphatic hydroxyl groups is 5. The van der Waals surface area contributed by atoms with Crippen LogP contribution in [-0.4, -0.2) is 135 Å². The van der Waals surface area contributed by atoms with Gasteiger partial charge < -0.3 is 49.5 Å². The van der Waals surface area contributed by atoms with E-state index in [1.165, 1.54) is 13.8 Å². The molecule has 11 heteroatoms. The first-order chi connectivity index (χ1) is 18.3. The highest BCUT2D eigenvalue weighted by molar-refractivity contribution is 5.73. The van der Waals surface area contributed by atoms with Gasteiger partial charge in [0, 0.05) is 25.0 Å². The third-order valence-electron chi connectivity index (χ3n) is 9.07. The van der Waals surface area contributed by atoms with Gasteiger partial charge in [-0.25, -0.2) is 0 Å². The van der Waals surface area contributed by atoms with Crippen molar-refractivity contribution >= 4 is 5.97 Å². The van der Waals surface area contributed by atoms with E-state index in [0.717, 1.165) is 0 Å². The summed E-state index contributed by atoms with van der Waals surface area (Å²) in [6.07, 6.45) is -5.72. The number of esters is 1. The number of carbonyl (C=O) groups excluding carboxylic acids is 1. The summed E-state index contributed by atoms with van der Waals surface area (Å²) < 4.78 is 17.9. The number of hydrogen-bond donors (Lipinski definition) is 5. The van der Waals surface area contributed by atoms with Crippen LogP contribution in [0.1, 0.15) is 74.1 Å². The molecule has 11 nitrogen and oxygen atoms in total. The maximum atomic E-state index is 13.1. The van der Waals surface area contributed by atoms with Crippen molar-refractivity contribution in [1.82, 2.24) is 9.80 Å². The predicted molar refractivity (Wildman–Crippen MR) is 150 cm³/mol. The number of ether oxygens (including phenoxy) is 3. The summed E-state index contributed by atoms with van der Waals surface area (Å²) in [5.74, 6) is -1.84. The lowest BCUT2D eigenvalue weighted by molar-refractivity contribution is -0.291. The largest absolute Gasteiger partial charge is 0.459 e. The summed E-state index contributed by atoms with van der Waals surface area (Å²) in [7, 11) is 5.57. The molecule has 0 bridgehead atoms. The Hall–Kier alpha value is -0.890. The van der Waals surface area contributed by atoms with Crippen LogP contribution in [0.4, 0.5) is 0 Å². The van der Waals surface area contributed by atoms with Crippen LogP contribution in [0.5, 0.6) is 0 Å². The Bertz CT molecular complexity index is 810. The molecule has 0 unspecified atom stereocenters. The van der Waals surface area contributed by atoms with Crippen LogP contribution in [0.3, 0.4) is 0 Å². The Labute approximate surface area is 240 Å². The molecule has 0 radical (unpaired) electrons. The van der Waals surface area contributed by atoms with Crippen LogP contribution in [-0.2, 0) is 19.0 Å². The van der Waals surface area contributed by atoms with Gasteiger partial charge in [0.25, 0.3) is 0 Å². The number of likely N-dealkylation sites (N-methyl/N-ethyl adjacent to an activating group) is 2. The fourth-order valence-electron chi connectivity index (χ4n) is 6.20. The van der Waals surface area contributed by atoms with E-state index in [9.17, 15) is 30.3 Å². The molecule has 2 aliphatic heterocycles. The number of hydrogen-bond acceptors (Lipinski definition) is 11. The van der Waals surface area contributed by atoms with Crippen molar-refractivity contribution < 1.29 is 44.5 Å². The zero-order chi connectivity index (χ0) is 30.7. The summed E-state index contributed by atoms with van der Waals surface area (Å²) in [4.78, 5) is 16.9. The number of rotatable bonds is 4. The van der Waals surface area contributed by atoms with Crippen molar-refractivity contribution in [3.05, 3.63) is 0 Å². The standard InChI is InChI=1S/C29H56N2O9/c1-11-22-29(7,37)25(34)19(5)31(10)15-16(2)14-28(6,36)23(13-21(32)18(4)26(35)39-22)40-27-24(33)20(30(8)9)12-17(3)38-27/h16-25,27,32-34,36-37H,11-15H2,1-10H3/t16-,17-,18-,19-,20+,21+,22-,23-,24-,25-,27+,28-,29-/m1/s1. The van der Waals surface area contributed by atoms with Crippen molar-refractivity contribution in [3.8, 4) is 0 Å². The second kappa shape index (κ2) is 14.1. The Morgan fingerprint density at radius 3 is 2.23 bits per heavy atom. The third-order valence-corrected chi connectivity index (χ3v) is 9.07. The summed E-state index contributed by atoms with van der Waals surface area (Å²) in [5, 5.41) is 56.4. The number of aliphatic hydroxyl groups excluding tert-OH is 3. The first-order valence-electron chi connectivity index (χ1n) is 14.7. The van der Waals surface area contributed by atoms with E-state index in [2.05, 4.69) is 0 Å². The molecule has 2 rings (SSSR count). The second-order valence-electron chi connectivity index (χ2n) is 13.1. The molecule has 0 aromatic rings. The molecule has 0 aromatic heterocycles. The molecular weight excluding hydrogens is 520 g/mol. The lowest BCUT2D eigenvalue weighted by Crippen LogP contribution is -2.59. The molecule has 2 saturated heterocycles. The van der Waals surface area contributed by atoms with Crippen molar-refractivity contribution in [3.63, 3.8) is 0 Å². The van der Waals surface area contributed by atoms with Crippen LogP contribution >= 0.6 is 0 Å². The molecule has 0 amide bonds. The van der Waals surface area contributed by atoms with Crippen molar-refractivity contribution in [1.29, 1.82) is 0 Å². The molecular formula is C29H56N2O9. The zero-order valence-corrected chi connectivity index (χ0v) is 26.1. The predicted octanol–water partition coefficient (Wildman–Crippen LogP) is 0.730. The van der Waals surface area contributed by atoms with Gasteiger partial charge in [-0.05, 0) is 80.9 Å². The van der Waals surface area contributed by atoms with Crippen LogP contribution in [0.15, 0.2) is 0 Å². The van der Waals surface area contributed by atoms with Crippen molar-refractivity contribution in [2.75, 3.05) is 27.7 Å². The maximum Gasteiger partial charge on any atom is 0.311 e. The Balaban J connectivity index is 2.45.